The molecule has 4 heterocycles. The second-order valence-electron chi connectivity index (χ2n) is 5.67. The molecule has 0 radical (unpaired) electrons. The molecule has 1 atom stereocenters. The maximum atomic E-state index is 8.93. The van der Waals surface area contributed by atoms with E-state index in [1.807, 2.05) is 18.2 Å². The summed E-state index contributed by atoms with van der Waals surface area (Å²) in [4.78, 5) is 14.7. The van der Waals surface area contributed by atoms with Crippen molar-refractivity contribution in [3.63, 3.8) is 0 Å². The lowest BCUT2D eigenvalue weighted by Crippen LogP contribution is -2.24. The highest BCUT2D eigenvalue weighted by molar-refractivity contribution is 5.37. The number of fused-ring (bicyclic) bond motifs is 1. The van der Waals surface area contributed by atoms with Crippen LogP contribution in [0, 0.1) is 17.2 Å². The second kappa shape index (κ2) is 6.12. The van der Waals surface area contributed by atoms with Crippen LogP contribution in [0.15, 0.2) is 36.8 Å². The monoisotopic (exact) mass is 321 g/mol. The van der Waals surface area contributed by atoms with Crippen LogP contribution in [0.4, 0.5) is 5.95 Å². The van der Waals surface area contributed by atoms with Crippen LogP contribution in [0.5, 0.6) is 5.88 Å². The van der Waals surface area contributed by atoms with Crippen LogP contribution in [-0.4, -0.2) is 44.3 Å². The molecule has 4 rings (SSSR count). The summed E-state index contributed by atoms with van der Waals surface area (Å²) in [5.41, 5.74) is 1.18. The summed E-state index contributed by atoms with van der Waals surface area (Å²) in [6, 6.07) is 7.36. The molecule has 1 aliphatic rings. The number of rotatable bonds is 4. The third-order valence-corrected chi connectivity index (χ3v) is 4.02. The molecule has 0 aromatic carbocycles. The van der Waals surface area contributed by atoms with Crippen LogP contribution in [0.3, 0.4) is 0 Å². The van der Waals surface area contributed by atoms with Gasteiger partial charge in [0.15, 0.2) is 5.65 Å². The molecule has 3 aromatic heterocycles. The Balaban J connectivity index is 1.37. The predicted octanol–water partition coefficient (Wildman–Crippen LogP) is 1.30. The molecule has 8 heteroatoms. The SMILES string of the molecule is N#Cc1ccnc(N2CCC(COc3ccc4nccn4n3)C2)n1. The van der Waals surface area contributed by atoms with E-state index in [1.165, 1.54) is 0 Å². The first-order valence-corrected chi connectivity index (χ1v) is 7.73. The predicted molar refractivity (Wildman–Crippen MR) is 85.5 cm³/mol. The molecule has 0 spiro atoms. The van der Waals surface area contributed by atoms with Gasteiger partial charge in [0.2, 0.25) is 11.8 Å². The maximum absolute atomic E-state index is 8.93. The molecule has 0 N–H and O–H groups in total. The number of ether oxygens (including phenoxy) is 1. The zero-order valence-electron chi connectivity index (χ0n) is 12.9. The van der Waals surface area contributed by atoms with E-state index in [0.29, 0.717) is 30.0 Å². The van der Waals surface area contributed by atoms with Gasteiger partial charge in [-0.05, 0) is 18.6 Å². The topological polar surface area (TPSA) is 92.2 Å². The van der Waals surface area contributed by atoms with Gasteiger partial charge in [-0.2, -0.15) is 5.26 Å². The minimum atomic E-state index is 0.375. The van der Waals surface area contributed by atoms with E-state index < -0.39 is 0 Å². The molecule has 1 saturated heterocycles. The van der Waals surface area contributed by atoms with Crippen molar-refractivity contribution in [1.29, 1.82) is 5.26 Å². The quantitative estimate of drug-likeness (QED) is 0.715. The Bertz CT molecular complexity index is 901. The van der Waals surface area contributed by atoms with Crippen molar-refractivity contribution in [2.75, 3.05) is 24.6 Å². The molecular weight excluding hydrogens is 306 g/mol. The molecular formula is C16H15N7O. The lowest BCUT2D eigenvalue weighted by atomic mass is 10.1. The second-order valence-corrected chi connectivity index (χ2v) is 5.67. The third-order valence-electron chi connectivity index (χ3n) is 4.02. The van der Waals surface area contributed by atoms with E-state index in [0.717, 1.165) is 25.2 Å². The first-order valence-electron chi connectivity index (χ1n) is 7.73. The Kier molecular flexibility index (Phi) is 3.67. The van der Waals surface area contributed by atoms with Gasteiger partial charge < -0.3 is 9.64 Å². The fourth-order valence-corrected chi connectivity index (χ4v) is 2.79. The molecule has 3 aromatic rings. The largest absolute Gasteiger partial charge is 0.476 e. The van der Waals surface area contributed by atoms with Crippen LogP contribution >= 0.6 is 0 Å². The molecule has 120 valence electrons. The minimum Gasteiger partial charge on any atom is -0.476 e. The van der Waals surface area contributed by atoms with Gasteiger partial charge in [0.1, 0.15) is 11.8 Å². The van der Waals surface area contributed by atoms with Crippen LogP contribution in [0.1, 0.15) is 12.1 Å². The van der Waals surface area contributed by atoms with Gasteiger partial charge in [0.25, 0.3) is 0 Å². The highest BCUT2D eigenvalue weighted by Gasteiger charge is 2.25. The zero-order valence-corrected chi connectivity index (χ0v) is 12.9. The minimum absolute atomic E-state index is 0.375. The van der Waals surface area contributed by atoms with Gasteiger partial charge in [-0.25, -0.2) is 19.5 Å². The lowest BCUT2D eigenvalue weighted by molar-refractivity contribution is 0.249. The van der Waals surface area contributed by atoms with Gasteiger partial charge >= 0.3 is 0 Å². The van der Waals surface area contributed by atoms with Gasteiger partial charge in [-0.3, -0.25) is 0 Å². The Morgan fingerprint density at radius 3 is 3.12 bits per heavy atom. The Morgan fingerprint density at radius 2 is 2.21 bits per heavy atom. The number of hydrogen-bond acceptors (Lipinski definition) is 7. The standard InChI is InChI=1S/C16H15N7O/c17-9-13-3-5-19-16(20-13)22-7-4-12(10-22)11-24-15-2-1-14-18-6-8-23(14)21-15/h1-3,5-6,8,12H,4,7,10-11H2. The molecule has 0 aliphatic carbocycles. The van der Waals surface area contributed by atoms with E-state index in [4.69, 9.17) is 10.00 Å². The fraction of sp³-hybridized carbons (Fsp3) is 0.312. The van der Waals surface area contributed by atoms with E-state index in [9.17, 15) is 0 Å². The number of imidazole rings is 1. The molecule has 0 amide bonds. The van der Waals surface area contributed by atoms with Crippen LogP contribution in [0.2, 0.25) is 0 Å². The first-order chi connectivity index (χ1) is 11.8. The van der Waals surface area contributed by atoms with Crippen molar-refractivity contribution in [2.24, 2.45) is 5.92 Å². The van der Waals surface area contributed by atoms with Gasteiger partial charge in [0, 0.05) is 43.7 Å². The number of aromatic nitrogens is 5. The summed E-state index contributed by atoms with van der Waals surface area (Å²) < 4.78 is 7.51. The van der Waals surface area contributed by atoms with Crippen molar-refractivity contribution in [3.8, 4) is 11.9 Å². The first kappa shape index (κ1) is 14.4. The summed E-state index contributed by atoms with van der Waals surface area (Å²) >= 11 is 0. The summed E-state index contributed by atoms with van der Waals surface area (Å²) in [5.74, 6) is 1.57. The number of nitrogens with zero attached hydrogens (tertiary/aromatic N) is 7. The molecule has 0 saturated carbocycles. The molecule has 1 aliphatic heterocycles. The van der Waals surface area contributed by atoms with Crippen molar-refractivity contribution < 1.29 is 4.74 Å². The van der Waals surface area contributed by atoms with E-state index >= 15 is 0 Å². The van der Waals surface area contributed by atoms with Crippen LogP contribution in [0.25, 0.3) is 5.65 Å². The Morgan fingerprint density at radius 1 is 1.25 bits per heavy atom. The maximum Gasteiger partial charge on any atom is 0.231 e. The highest BCUT2D eigenvalue weighted by Crippen LogP contribution is 2.21. The average molecular weight is 321 g/mol. The average Bonchev–Trinajstić information content (AvgIpc) is 3.28. The normalized spacial score (nSPS) is 17.1. The number of nitriles is 1. The van der Waals surface area contributed by atoms with Crippen LogP contribution < -0.4 is 9.64 Å². The lowest BCUT2D eigenvalue weighted by Gasteiger charge is -2.16. The highest BCUT2D eigenvalue weighted by atomic mass is 16.5. The number of hydrogen-bond donors (Lipinski definition) is 0. The third kappa shape index (κ3) is 2.84. The van der Waals surface area contributed by atoms with Gasteiger partial charge in [-0.1, -0.05) is 0 Å². The summed E-state index contributed by atoms with van der Waals surface area (Å²) in [6.07, 6.45) is 6.11. The Labute approximate surface area is 138 Å². The van der Waals surface area contributed by atoms with Crippen molar-refractivity contribution >= 4 is 11.6 Å². The Hall–Kier alpha value is -3.21. The van der Waals surface area contributed by atoms with E-state index in [2.05, 4.69) is 25.0 Å². The van der Waals surface area contributed by atoms with Gasteiger partial charge in [0.05, 0.1) is 6.61 Å². The summed E-state index contributed by atoms with van der Waals surface area (Å²) in [5, 5.41) is 13.3. The molecule has 0 bridgehead atoms. The molecule has 1 unspecified atom stereocenters. The van der Waals surface area contributed by atoms with Gasteiger partial charge in [-0.15, -0.1) is 5.10 Å². The summed E-state index contributed by atoms with van der Waals surface area (Å²) in [6.45, 7) is 2.25. The number of anilines is 1. The van der Waals surface area contributed by atoms with Crippen LogP contribution in [-0.2, 0) is 0 Å². The smallest absolute Gasteiger partial charge is 0.231 e. The molecule has 1 fully saturated rings. The van der Waals surface area contributed by atoms with Crippen molar-refractivity contribution in [1.82, 2.24) is 24.6 Å². The fourth-order valence-electron chi connectivity index (χ4n) is 2.79. The molecule has 8 nitrogen and oxygen atoms in total. The van der Waals surface area contributed by atoms with E-state index in [1.54, 1.807) is 29.2 Å². The summed E-state index contributed by atoms with van der Waals surface area (Å²) in [7, 11) is 0. The zero-order chi connectivity index (χ0) is 16.4. The van der Waals surface area contributed by atoms with E-state index in [-0.39, 0.29) is 0 Å². The molecule has 24 heavy (non-hydrogen) atoms. The van der Waals surface area contributed by atoms with Crippen molar-refractivity contribution in [3.05, 3.63) is 42.5 Å². The van der Waals surface area contributed by atoms with Crippen molar-refractivity contribution in [2.45, 2.75) is 6.42 Å².